The molecule has 0 aromatic rings. The van der Waals surface area contributed by atoms with Crippen LogP contribution < -0.4 is 0 Å². The third kappa shape index (κ3) is 2.62. The Morgan fingerprint density at radius 1 is 1.53 bits per heavy atom. The van der Waals surface area contributed by atoms with Crippen LogP contribution in [0.15, 0.2) is 23.3 Å². The van der Waals surface area contributed by atoms with Gasteiger partial charge in [0.2, 0.25) is 0 Å². The van der Waals surface area contributed by atoms with Crippen molar-refractivity contribution in [1.29, 1.82) is 0 Å². The lowest BCUT2D eigenvalue weighted by Gasteiger charge is -2.23. The van der Waals surface area contributed by atoms with Crippen LogP contribution in [-0.2, 0) is 4.79 Å². The van der Waals surface area contributed by atoms with E-state index in [9.17, 15) is 18.0 Å². The molecule has 1 aliphatic rings. The molecule has 1 aliphatic carbocycles. The number of halogens is 4. The van der Waals surface area contributed by atoms with Crippen LogP contribution >= 0.6 is 15.9 Å². The second kappa shape index (κ2) is 4.00. The van der Waals surface area contributed by atoms with Crippen LogP contribution in [0.4, 0.5) is 13.2 Å². The SMILES string of the molecule is C[C@H]1C(C(=O)O)=CC(C(F)(F)F)=CC1Br. The van der Waals surface area contributed by atoms with Crippen molar-refractivity contribution in [3.63, 3.8) is 0 Å². The number of hydrogen-bond acceptors (Lipinski definition) is 1. The Labute approximate surface area is 92.6 Å². The van der Waals surface area contributed by atoms with Gasteiger partial charge in [0.1, 0.15) is 0 Å². The molecule has 0 fully saturated rings. The maximum absolute atomic E-state index is 12.4. The fourth-order valence-electron chi connectivity index (χ4n) is 1.27. The Balaban J connectivity index is 3.13. The van der Waals surface area contributed by atoms with Crippen LogP contribution in [-0.4, -0.2) is 22.1 Å². The summed E-state index contributed by atoms with van der Waals surface area (Å²) in [6.45, 7) is 1.56. The molecule has 0 radical (unpaired) electrons. The number of carbonyl (C=O) groups is 1. The van der Waals surface area contributed by atoms with Crippen LogP contribution in [0.25, 0.3) is 0 Å². The van der Waals surface area contributed by atoms with Gasteiger partial charge >= 0.3 is 12.1 Å². The molecule has 0 heterocycles. The zero-order chi connectivity index (χ0) is 11.8. The predicted molar refractivity (Wildman–Crippen MR) is 51.7 cm³/mol. The topological polar surface area (TPSA) is 37.3 Å². The van der Waals surface area contributed by atoms with Crippen LogP contribution in [0, 0.1) is 5.92 Å². The summed E-state index contributed by atoms with van der Waals surface area (Å²) < 4.78 is 37.1. The number of aliphatic carboxylic acids is 1. The fourth-order valence-corrected chi connectivity index (χ4v) is 1.84. The Hall–Kier alpha value is -0.780. The van der Waals surface area contributed by atoms with Gasteiger partial charge in [-0.1, -0.05) is 28.9 Å². The Morgan fingerprint density at radius 3 is 2.47 bits per heavy atom. The molecule has 0 bridgehead atoms. The van der Waals surface area contributed by atoms with Gasteiger partial charge in [0.25, 0.3) is 0 Å². The van der Waals surface area contributed by atoms with Crippen molar-refractivity contribution >= 4 is 21.9 Å². The number of carboxylic acids is 1. The first kappa shape index (κ1) is 12.3. The molecule has 2 nitrogen and oxygen atoms in total. The zero-order valence-electron chi connectivity index (χ0n) is 7.68. The average Bonchev–Trinajstić information content (AvgIpc) is 2.06. The molecule has 84 valence electrons. The van der Waals surface area contributed by atoms with E-state index in [0.29, 0.717) is 6.08 Å². The highest BCUT2D eigenvalue weighted by Gasteiger charge is 2.37. The van der Waals surface area contributed by atoms with Gasteiger partial charge in [-0.15, -0.1) is 0 Å². The van der Waals surface area contributed by atoms with Gasteiger partial charge in [0, 0.05) is 16.3 Å². The van der Waals surface area contributed by atoms with E-state index in [1.807, 2.05) is 0 Å². The molecule has 2 atom stereocenters. The summed E-state index contributed by atoms with van der Waals surface area (Å²) in [4.78, 5) is 10.1. The van der Waals surface area contributed by atoms with Gasteiger partial charge < -0.3 is 5.11 Å². The minimum absolute atomic E-state index is 0.230. The summed E-state index contributed by atoms with van der Waals surface area (Å²) in [5, 5.41) is 8.73. The first-order chi connectivity index (χ1) is 6.73. The van der Waals surface area contributed by atoms with Crippen molar-refractivity contribution in [2.24, 2.45) is 5.92 Å². The quantitative estimate of drug-likeness (QED) is 0.752. The molecule has 0 saturated heterocycles. The molecule has 0 amide bonds. The Kier molecular flexibility index (Phi) is 3.28. The van der Waals surface area contributed by atoms with Crippen molar-refractivity contribution < 1.29 is 23.1 Å². The summed E-state index contributed by atoms with van der Waals surface area (Å²) >= 11 is 3.01. The van der Waals surface area contributed by atoms with Gasteiger partial charge in [-0.25, -0.2) is 4.79 Å². The van der Waals surface area contributed by atoms with E-state index >= 15 is 0 Å². The van der Waals surface area contributed by atoms with Crippen LogP contribution in [0.3, 0.4) is 0 Å². The molecular weight excluding hydrogens is 277 g/mol. The molecule has 15 heavy (non-hydrogen) atoms. The third-order valence-corrected chi connectivity index (χ3v) is 3.25. The summed E-state index contributed by atoms with van der Waals surface area (Å²) in [7, 11) is 0. The summed E-state index contributed by atoms with van der Waals surface area (Å²) in [6, 6.07) is 0. The monoisotopic (exact) mass is 284 g/mol. The highest BCUT2D eigenvalue weighted by molar-refractivity contribution is 9.09. The highest BCUT2D eigenvalue weighted by Crippen LogP contribution is 2.36. The van der Waals surface area contributed by atoms with Gasteiger partial charge in [0.05, 0.1) is 5.57 Å². The Bertz CT molecular complexity index is 344. The minimum atomic E-state index is -4.51. The van der Waals surface area contributed by atoms with Gasteiger partial charge in [-0.2, -0.15) is 13.2 Å². The molecule has 1 rings (SSSR count). The second-order valence-corrected chi connectivity index (χ2v) is 4.32. The van der Waals surface area contributed by atoms with Gasteiger partial charge in [-0.3, -0.25) is 0 Å². The number of hydrogen-bond donors (Lipinski definition) is 1. The first-order valence-corrected chi connectivity index (χ1v) is 5.03. The molecule has 0 aromatic carbocycles. The van der Waals surface area contributed by atoms with E-state index in [1.54, 1.807) is 6.92 Å². The normalized spacial score (nSPS) is 27.0. The van der Waals surface area contributed by atoms with E-state index in [-0.39, 0.29) is 5.57 Å². The van der Waals surface area contributed by atoms with Crippen molar-refractivity contribution in [3.05, 3.63) is 23.3 Å². The van der Waals surface area contributed by atoms with Gasteiger partial charge in [-0.05, 0) is 6.08 Å². The van der Waals surface area contributed by atoms with Crippen LogP contribution in [0.5, 0.6) is 0 Å². The maximum atomic E-state index is 12.4. The van der Waals surface area contributed by atoms with E-state index in [1.165, 1.54) is 0 Å². The third-order valence-electron chi connectivity index (χ3n) is 2.19. The smallest absolute Gasteiger partial charge is 0.416 e. The number of allylic oxidation sites excluding steroid dienone is 3. The summed E-state index contributed by atoms with van der Waals surface area (Å²) in [5.74, 6) is -1.80. The molecular formula is C9H8BrF3O2. The van der Waals surface area contributed by atoms with Crippen molar-refractivity contribution in [3.8, 4) is 0 Å². The predicted octanol–water partition coefficient (Wildman–Crippen LogP) is 2.90. The molecule has 1 N–H and O–H groups in total. The Morgan fingerprint density at radius 2 is 2.07 bits per heavy atom. The van der Waals surface area contributed by atoms with Crippen molar-refractivity contribution in [1.82, 2.24) is 0 Å². The van der Waals surface area contributed by atoms with Gasteiger partial charge in [0.15, 0.2) is 0 Å². The highest BCUT2D eigenvalue weighted by atomic mass is 79.9. The lowest BCUT2D eigenvalue weighted by atomic mass is 9.89. The zero-order valence-corrected chi connectivity index (χ0v) is 9.26. The number of rotatable bonds is 1. The molecule has 0 aliphatic heterocycles. The summed E-state index contributed by atoms with van der Waals surface area (Å²) in [5.41, 5.74) is -1.15. The van der Waals surface area contributed by atoms with Crippen molar-refractivity contribution in [2.45, 2.75) is 17.9 Å². The number of carboxylic acid groups (broad SMARTS) is 1. The molecule has 0 saturated carbocycles. The first-order valence-electron chi connectivity index (χ1n) is 4.11. The van der Waals surface area contributed by atoms with E-state index in [0.717, 1.165) is 6.08 Å². The lowest BCUT2D eigenvalue weighted by Crippen LogP contribution is -2.25. The van der Waals surface area contributed by atoms with E-state index in [2.05, 4.69) is 15.9 Å². The van der Waals surface area contributed by atoms with Crippen LogP contribution in [0.2, 0.25) is 0 Å². The minimum Gasteiger partial charge on any atom is -0.478 e. The molecule has 0 spiro atoms. The van der Waals surface area contributed by atoms with Crippen molar-refractivity contribution in [2.75, 3.05) is 0 Å². The standard InChI is InChI=1S/C9H8BrF3O2/c1-4-6(8(14)15)2-5(3-7(4)10)9(11,12)13/h2-4,7H,1H3,(H,14,15)/t4-,7?/m0/s1. The number of alkyl halides is 4. The average molecular weight is 285 g/mol. The van der Waals surface area contributed by atoms with E-state index in [4.69, 9.17) is 5.11 Å². The second-order valence-electron chi connectivity index (χ2n) is 3.26. The van der Waals surface area contributed by atoms with E-state index < -0.39 is 28.5 Å². The summed E-state index contributed by atoms with van der Waals surface area (Å²) in [6.07, 6.45) is -2.84. The molecule has 6 heteroatoms. The lowest BCUT2D eigenvalue weighted by molar-refractivity contribution is -0.133. The fraction of sp³-hybridized carbons (Fsp3) is 0.444. The molecule has 0 aromatic heterocycles. The molecule has 1 unspecified atom stereocenters. The largest absolute Gasteiger partial charge is 0.478 e. The van der Waals surface area contributed by atoms with Crippen LogP contribution in [0.1, 0.15) is 6.92 Å². The maximum Gasteiger partial charge on any atom is 0.416 e.